The van der Waals surface area contributed by atoms with E-state index >= 15 is 0 Å². The summed E-state index contributed by atoms with van der Waals surface area (Å²) < 4.78 is 11.7. The average molecular weight is 447 g/mol. The summed E-state index contributed by atoms with van der Waals surface area (Å²) in [6.07, 6.45) is 3.64. The summed E-state index contributed by atoms with van der Waals surface area (Å²) in [5.41, 5.74) is 5.58. The molecule has 0 aliphatic carbocycles. The Bertz CT molecular complexity index is 822. The minimum absolute atomic E-state index is 0.388. The van der Waals surface area contributed by atoms with Crippen LogP contribution in [0, 0.1) is 0 Å². The van der Waals surface area contributed by atoms with Crippen molar-refractivity contribution >= 4 is 27.7 Å². The third-order valence-corrected chi connectivity index (χ3v) is 4.34. The van der Waals surface area contributed by atoms with E-state index in [4.69, 9.17) is 9.47 Å². The van der Waals surface area contributed by atoms with E-state index in [9.17, 15) is 9.59 Å². The maximum Gasteiger partial charge on any atom is 0.269 e. The van der Waals surface area contributed by atoms with Crippen molar-refractivity contribution in [3.8, 4) is 11.5 Å². The van der Waals surface area contributed by atoms with Crippen LogP contribution in [0.25, 0.3) is 0 Å². The molecule has 0 fully saturated rings. The van der Waals surface area contributed by atoms with Gasteiger partial charge in [-0.25, -0.2) is 0 Å². The van der Waals surface area contributed by atoms with Crippen molar-refractivity contribution in [2.24, 2.45) is 0 Å². The third kappa shape index (κ3) is 6.42. The molecule has 2 aromatic carbocycles. The second-order valence-electron chi connectivity index (χ2n) is 5.88. The molecule has 0 atom stereocenters. The molecule has 0 bridgehead atoms. The topological polar surface area (TPSA) is 76.7 Å². The first-order chi connectivity index (χ1) is 13.5. The highest BCUT2D eigenvalue weighted by atomic mass is 79.9. The summed E-state index contributed by atoms with van der Waals surface area (Å²) in [5.74, 6) is 0.446. The Morgan fingerprint density at radius 2 is 1.68 bits per heavy atom. The SMILES string of the molecule is C=CCOc1ccc(C(=O)NNC(=O)c2ccc(OCCCC)c(Br)c2)cc1. The first-order valence-electron chi connectivity index (χ1n) is 8.92. The number of unbranched alkanes of at least 4 members (excludes halogenated alkanes) is 1. The van der Waals surface area contributed by atoms with Crippen LogP contribution in [0.2, 0.25) is 0 Å². The van der Waals surface area contributed by atoms with Gasteiger partial charge in [0.25, 0.3) is 11.8 Å². The number of hydrogen-bond donors (Lipinski definition) is 2. The Morgan fingerprint density at radius 1 is 1.04 bits per heavy atom. The molecule has 0 spiro atoms. The van der Waals surface area contributed by atoms with Gasteiger partial charge in [-0.2, -0.15) is 0 Å². The number of ether oxygens (including phenoxy) is 2. The molecule has 7 heteroatoms. The molecule has 0 heterocycles. The molecule has 2 amide bonds. The average Bonchev–Trinajstić information content (AvgIpc) is 2.71. The normalized spacial score (nSPS) is 10.1. The summed E-state index contributed by atoms with van der Waals surface area (Å²) in [7, 11) is 0. The Morgan fingerprint density at radius 3 is 2.29 bits per heavy atom. The monoisotopic (exact) mass is 446 g/mol. The fraction of sp³-hybridized carbons (Fsp3) is 0.238. The van der Waals surface area contributed by atoms with Crippen LogP contribution < -0.4 is 20.3 Å². The standard InChI is InChI=1S/C21H23BrN2O4/c1-3-5-13-28-19-11-8-16(14-18(19)22)21(26)24-23-20(25)15-6-9-17(10-7-15)27-12-4-2/h4,6-11,14H,2-3,5,12-13H2,1H3,(H,23,25)(H,24,26). The van der Waals surface area contributed by atoms with Crippen molar-refractivity contribution in [1.82, 2.24) is 10.9 Å². The number of rotatable bonds is 9. The van der Waals surface area contributed by atoms with Gasteiger partial charge in [0.2, 0.25) is 0 Å². The van der Waals surface area contributed by atoms with Gasteiger partial charge in [-0.1, -0.05) is 26.0 Å². The fourth-order valence-electron chi connectivity index (χ4n) is 2.20. The van der Waals surface area contributed by atoms with Crippen molar-refractivity contribution in [3.63, 3.8) is 0 Å². The number of amides is 2. The number of carbonyl (C=O) groups excluding carboxylic acids is 2. The number of carbonyl (C=O) groups is 2. The highest BCUT2D eigenvalue weighted by molar-refractivity contribution is 9.10. The Labute approximate surface area is 173 Å². The lowest BCUT2D eigenvalue weighted by Gasteiger charge is -2.11. The number of hydrogen-bond acceptors (Lipinski definition) is 4. The van der Waals surface area contributed by atoms with E-state index in [1.165, 1.54) is 0 Å². The van der Waals surface area contributed by atoms with E-state index in [2.05, 4.69) is 40.3 Å². The van der Waals surface area contributed by atoms with Gasteiger partial charge < -0.3 is 9.47 Å². The zero-order valence-corrected chi connectivity index (χ0v) is 17.3. The minimum atomic E-state index is -0.430. The second-order valence-corrected chi connectivity index (χ2v) is 6.73. The van der Waals surface area contributed by atoms with Crippen molar-refractivity contribution in [1.29, 1.82) is 0 Å². The molecule has 6 nitrogen and oxygen atoms in total. The highest BCUT2D eigenvalue weighted by Gasteiger charge is 2.11. The largest absolute Gasteiger partial charge is 0.492 e. The highest BCUT2D eigenvalue weighted by Crippen LogP contribution is 2.26. The van der Waals surface area contributed by atoms with Gasteiger partial charge in [0.15, 0.2) is 0 Å². The molecule has 0 unspecified atom stereocenters. The van der Waals surface area contributed by atoms with Crippen LogP contribution in [0.1, 0.15) is 40.5 Å². The van der Waals surface area contributed by atoms with E-state index in [-0.39, 0.29) is 0 Å². The maximum atomic E-state index is 12.3. The Kier molecular flexibility index (Phi) is 8.55. The summed E-state index contributed by atoms with van der Waals surface area (Å²) in [4.78, 5) is 24.4. The van der Waals surface area contributed by atoms with Gasteiger partial charge >= 0.3 is 0 Å². The van der Waals surface area contributed by atoms with E-state index in [1.807, 2.05) is 0 Å². The van der Waals surface area contributed by atoms with Crippen molar-refractivity contribution in [3.05, 3.63) is 70.7 Å². The van der Waals surface area contributed by atoms with Gasteiger partial charge in [-0.05, 0) is 64.8 Å². The van der Waals surface area contributed by atoms with Crippen molar-refractivity contribution < 1.29 is 19.1 Å². The van der Waals surface area contributed by atoms with Crippen LogP contribution >= 0.6 is 15.9 Å². The third-order valence-electron chi connectivity index (χ3n) is 3.72. The Hall–Kier alpha value is -2.80. The maximum absolute atomic E-state index is 12.3. The predicted molar refractivity (Wildman–Crippen MR) is 112 cm³/mol. The summed E-state index contributed by atoms with van der Waals surface area (Å²) in [6.45, 7) is 6.67. The van der Waals surface area contributed by atoms with E-state index in [1.54, 1.807) is 48.5 Å². The van der Waals surface area contributed by atoms with Crippen LogP contribution in [0.4, 0.5) is 0 Å². The molecular formula is C21H23BrN2O4. The number of benzene rings is 2. The first-order valence-corrected chi connectivity index (χ1v) is 9.71. The van der Waals surface area contributed by atoms with E-state index < -0.39 is 11.8 Å². The summed E-state index contributed by atoms with van der Waals surface area (Å²) >= 11 is 3.40. The summed E-state index contributed by atoms with van der Waals surface area (Å²) in [5, 5.41) is 0. The van der Waals surface area contributed by atoms with E-state index in [0.717, 1.165) is 12.8 Å². The van der Waals surface area contributed by atoms with Crippen LogP contribution in [-0.2, 0) is 0 Å². The molecule has 0 saturated heterocycles. The zero-order valence-electron chi connectivity index (χ0n) is 15.7. The van der Waals surface area contributed by atoms with Crippen LogP contribution in [0.5, 0.6) is 11.5 Å². The molecule has 0 aliphatic heterocycles. The lowest BCUT2D eigenvalue weighted by molar-refractivity contribution is 0.0846. The lowest BCUT2D eigenvalue weighted by Crippen LogP contribution is -2.41. The molecule has 0 aromatic heterocycles. The molecule has 148 valence electrons. The first kappa shape index (κ1) is 21.5. The number of hydrazine groups is 1. The Balaban J connectivity index is 1.89. The predicted octanol–water partition coefficient (Wildman–Crippen LogP) is 4.27. The van der Waals surface area contributed by atoms with E-state index in [0.29, 0.717) is 40.3 Å². The molecule has 28 heavy (non-hydrogen) atoms. The van der Waals surface area contributed by atoms with Gasteiger partial charge in [0.05, 0.1) is 11.1 Å². The van der Waals surface area contributed by atoms with Crippen LogP contribution in [-0.4, -0.2) is 25.0 Å². The van der Waals surface area contributed by atoms with Crippen molar-refractivity contribution in [2.45, 2.75) is 19.8 Å². The lowest BCUT2D eigenvalue weighted by atomic mass is 10.2. The molecule has 0 saturated carbocycles. The number of halogens is 1. The number of nitrogens with one attached hydrogen (secondary N) is 2. The smallest absolute Gasteiger partial charge is 0.269 e. The molecule has 2 rings (SSSR count). The fourth-order valence-corrected chi connectivity index (χ4v) is 2.69. The second kappa shape index (κ2) is 11.1. The zero-order chi connectivity index (χ0) is 20.4. The van der Waals surface area contributed by atoms with Crippen LogP contribution in [0.3, 0.4) is 0 Å². The van der Waals surface area contributed by atoms with Gasteiger partial charge in [0, 0.05) is 11.1 Å². The van der Waals surface area contributed by atoms with Gasteiger partial charge in [0.1, 0.15) is 18.1 Å². The molecule has 0 aliphatic rings. The molecule has 0 radical (unpaired) electrons. The summed E-state index contributed by atoms with van der Waals surface area (Å²) in [6, 6.07) is 11.6. The molecule has 2 aromatic rings. The van der Waals surface area contributed by atoms with Crippen LogP contribution in [0.15, 0.2) is 59.6 Å². The van der Waals surface area contributed by atoms with Gasteiger partial charge in [-0.15, -0.1) is 0 Å². The molecular weight excluding hydrogens is 424 g/mol. The van der Waals surface area contributed by atoms with Crippen molar-refractivity contribution in [2.75, 3.05) is 13.2 Å². The molecule has 2 N–H and O–H groups in total. The van der Waals surface area contributed by atoms with Gasteiger partial charge in [-0.3, -0.25) is 20.4 Å². The minimum Gasteiger partial charge on any atom is -0.492 e. The quantitative estimate of drug-likeness (QED) is 0.342.